The molecule has 0 unspecified atom stereocenters. The third-order valence-corrected chi connectivity index (χ3v) is 2.43. The van der Waals surface area contributed by atoms with Gasteiger partial charge in [0.25, 0.3) is 0 Å². The maximum Gasteiger partial charge on any atom is 0.140 e. The minimum atomic E-state index is 0.250. The highest BCUT2D eigenvalue weighted by Gasteiger charge is 2.06. The molecule has 0 aromatic heterocycles. The van der Waals surface area contributed by atoms with Gasteiger partial charge in [-0.2, -0.15) is 0 Å². The zero-order valence-corrected chi connectivity index (χ0v) is 11.8. The van der Waals surface area contributed by atoms with E-state index in [0.29, 0.717) is 25.6 Å². The van der Waals surface area contributed by atoms with Gasteiger partial charge in [0.15, 0.2) is 0 Å². The van der Waals surface area contributed by atoms with Gasteiger partial charge in [0.05, 0.1) is 13.2 Å². The zero-order chi connectivity index (χ0) is 13.8. The van der Waals surface area contributed by atoms with Crippen LogP contribution in [0.4, 0.5) is 0 Å². The molecule has 0 fully saturated rings. The van der Waals surface area contributed by atoms with Crippen LogP contribution in [0, 0.1) is 5.92 Å². The molecule has 0 aromatic carbocycles. The molecule has 0 aromatic rings. The van der Waals surface area contributed by atoms with Crippen LogP contribution in [0.2, 0.25) is 0 Å². The normalized spacial score (nSPS) is 12.6. The lowest BCUT2D eigenvalue weighted by atomic mass is 10.2. The van der Waals surface area contributed by atoms with Crippen LogP contribution in [0.3, 0.4) is 0 Å². The smallest absolute Gasteiger partial charge is 0.140 e. The summed E-state index contributed by atoms with van der Waals surface area (Å²) in [6, 6.07) is 0. The molecular weight excluding hydrogens is 234 g/mol. The first-order chi connectivity index (χ1) is 8.60. The van der Waals surface area contributed by atoms with Crippen molar-refractivity contribution < 1.29 is 14.7 Å². The fraction of sp³-hybridized carbons (Fsp3) is 0.917. The average Bonchev–Trinajstić information content (AvgIpc) is 2.35. The Balaban J connectivity index is 3.83. The topological polar surface area (TPSA) is 80.3 Å². The fourth-order valence-corrected chi connectivity index (χ4v) is 1.39. The maximum atomic E-state index is 8.49. The van der Waals surface area contributed by atoms with Crippen molar-refractivity contribution in [1.82, 2.24) is 4.90 Å². The number of oxime groups is 1. The molecule has 6 heteroatoms. The van der Waals surface area contributed by atoms with Crippen molar-refractivity contribution >= 4 is 5.84 Å². The van der Waals surface area contributed by atoms with E-state index in [-0.39, 0.29) is 5.84 Å². The first-order valence-corrected chi connectivity index (χ1v) is 6.35. The van der Waals surface area contributed by atoms with Gasteiger partial charge in [-0.25, -0.2) is 0 Å². The number of nitrogens with zero attached hydrogens (tertiary/aromatic N) is 2. The number of rotatable bonds is 11. The standard InChI is InChI=1S/C12H27N3O3/c1-11(2)10-18-9-7-15(6-8-17-3)5-4-12(13)14-16/h11,16H,4-10H2,1-3H3,(H2,13,14). The van der Waals surface area contributed by atoms with Gasteiger partial charge >= 0.3 is 0 Å². The molecule has 0 aliphatic rings. The van der Waals surface area contributed by atoms with E-state index in [9.17, 15) is 0 Å². The van der Waals surface area contributed by atoms with E-state index in [0.717, 1.165) is 26.2 Å². The zero-order valence-electron chi connectivity index (χ0n) is 11.8. The number of amidine groups is 1. The lowest BCUT2D eigenvalue weighted by molar-refractivity contribution is 0.0756. The second-order valence-corrected chi connectivity index (χ2v) is 4.64. The number of nitrogens with two attached hydrogens (primary N) is 1. The summed E-state index contributed by atoms with van der Waals surface area (Å²) in [6.45, 7) is 8.78. The molecule has 0 aliphatic heterocycles. The van der Waals surface area contributed by atoms with Gasteiger partial charge in [0.2, 0.25) is 0 Å². The summed E-state index contributed by atoms with van der Waals surface area (Å²) >= 11 is 0. The molecule has 0 heterocycles. The molecule has 3 N–H and O–H groups in total. The molecule has 0 saturated carbocycles. The van der Waals surface area contributed by atoms with Crippen LogP contribution in [0.5, 0.6) is 0 Å². The van der Waals surface area contributed by atoms with E-state index in [1.807, 2.05) is 0 Å². The first kappa shape index (κ1) is 17.2. The quantitative estimate of drug-likeness (QED) is 0.188. The van der Waals surface area contributed by atoms with Crippen LogP contribution in [-0.2, 0) is 9.47 Å². The predicted octanol–water partition coefficient (Wildman–Crippen LogP) is 0.744. The highest BCUT2D eigenvalue weighted by Crippen LogP contribution is 1.96. The van der Waals surface area contributed by atoms with Crippen LogP contribution in [0.1, 0.15) is 20.3 Å². The largest absolute Gasteiger partial charge is 0.409 e. The SMILES string of the molecule is COCCN(CCOCC(C)C)CCC(N)=NO. The monoisotopic (exact) mass is 261 g/mol. The molecule has 6 nitrogen and oxygen atoms in total. The van der Waals surface area contributed by atoms with E-state index in [4.69, 9.17) is 20.4 Å². The molecule has 18 heavy (non-hydrogen) atoms. The highest BCUT2D eigenvalue weighted by molar-refractivity contribution is 5.79. The lowest BCUT2D eigenvalue weighted by Gasteiger charge is -2.21. The van der Waals surface area contributed by atoms with E-state index >= 15 is 0 Å². The Morgan fingerprint density at radius 1 is 1.28 bits per heavy atom. The molecule has 0 saturated heterocycles. The minimum Gasteiger partial charge on any atom is -0.409 e. The Bertz CT molecular complexity index is 223. The predicted molar refractivity (Wildman–Crippen MR) is 72.0 cm³/mol. The lowest BCUT2D eigenvalue weighted by Crippen LogP contribution is -2.34. The Morgan fingerprint density at radius 3 is 2.50 bits per heavy atom. The molecule has 0 amide bonds. The van der Waals surface area contributed by atoms with E-state index in [1.165, 1.54) is 0 Å². The van der Waals surface area contributed by atoms with Gasteiger partial charge in [0.1, 0.15) is 5.84 Å². The van der Waals surface area contributed by atoms with Gasteiger partial charge in [-0.15, -0.1) is 0 Å². The van der Waals surface area contributed by atoms with Crippen LogP contribution in [-0.4, -0.2) is 62.5 Å². The van der Waals surface area contributed by atoms with Gasteiger partial charge in [-0.05, 0) is 5.92 Å². The summed E-state index contributed by atoms with van der Waals surface area (Å²) in [7, 11) is 1.68. The Morgan fingerprint density at radius 2 is 1.94 bits per heavy atom. The Labute approximate surface area is 110 Å². The van der Waals surface area contributed by atoms with Crippen molar-refractivity contribution in [3.8, 4) is 0 Å². The number of ether oxygens (including phenoxy) is 2. The second-order valence-electron chi connectivity index (χ2n) is 4.64. The Kier molecular flexibility index (Phi) is 10.7. The summed E-state index contributed by atoms with van der Waals surface area (Å²) in [5, 5.41) is 11.5. The van der Waals surface area contributed by atoms with Crippen LogP contribution in [0.25, 0.3) is 0 Å². The Hall–Kier alpha value is -0.850. The molecule has 108 valence electrons. The van der Waals surface area contributed by atoms with E-state index < -0.39 is 0 Å². The van der Waals surface area contributed by atoms with Crippen LogP contribution < -0.4 is 5.73 Å². The average molecular weight is 261 g/mol. The molecule has 0 spiro atoms. The number of methoxy groups -OCH3 is 1. The van der Waals surface area contributed by atoms with Gasteiger partial charge in [-0.1, -0.05) is 19.0 Å². The second kappa shape index (κ2) is 11.3. The van der Waals surface area contributed by atoms with Crippen molar-refractivity contribution in [2.45, 2.75) is 20.3 Å². The van der Waals surface area contributed by atoms with Gasteiger partial charge < -0.3 is 20.4 Å². The van der Waals surface area contributed by atoms with Crippen molar-refractivity contribution in [2.75, 3.05) is 46.6 Å². The summed E-state index contributed by atoms with van der Waals surface area (Å²) in [5.41, 5.74) is 5.46. The highest BCUT2D eigenvalue weighted by atomic mass is 16.5. The summed E-state index contributed by atoms with van der Waals surface area (Å²) in [4.78, 5) is 2.18. The van der Waals surface area contributed by atoms with Crippen LogP contribution >= 0.6 is 0 Å². The number of hydrogen-bond acceptors (Lipinski definition) is 5. The summed E-state index contributed by atoms with van der Waals surface area (Å²) in [5.74, 6) is 0.801. The summed E-state index contributed by atoms with van der Waals surface area (Å²) in [6.07, 6.45) is 0.546. The summed E-state index contributed by atoms with van der Waals surface area (Å²) < 4.78 is 10.6. The first-order valence-electron chi connectivity index (χ1n) is 6.35. The van der Waals surface area contributed by atoms with Gasteiger partial charge in [0, 0.05) is 39.8 Å². The molecule has 0 radical (unpaired) electrons. The maximum absolute atomic E-state index is 8.49. The molecule has 0 rings (SSSR count). The van der Waals surface area contributed by atoms with Crippen molar-refractivity contribution in [3.63, 3.8) is 0 Å². The van der Waals surface area contributed by atoms with E-state index in [2.05, 4.69) is 23.9 Å². The van der Waals surface area contributed by atoms with Crippen LogP contribution in [0.15, 0.2) is 5.16 Å². The molecular formula is C12H27N3O3. The molecule has 0 bridgehead atoms. The third kappa shape index (κ3) is 10.3. The van der Waals surface area contributed by atoms with Crippen molar-refractivity contribution in [1.29, 1.82) is 0 Å². The van der Waals surface area contributed by atoms with Gasteiger partial charge in [-0.3, -0.25) is 4.90 Å². The van der Waals surface area contributed by atoms with Crippen molar-refractivity contribution in [2.24, 2.45) is 16.8 Å². The van der Waals surface area contributed by atoms with Crippen molar-refractivity contribution in [3.05, 3.63) is 0 Å². The third-order valence-electron chi connectivity index (χ3n) is 2.43. The fourth-order valence-electron chi connectivity index (χ4n) is 1.39. The number of hydrogen-bond donors (Lipinski definition) is 2. The van der Waals surface area contributed by atoms with E-state index in [1.54, 1.807) is 7.11 Å². The molecule has 0 aliphatic carbocycles. The minimum absolute atomic E-state index is 0.250. The molecule has 0 atom stereocenters.